The number of nitrogens with zero attached hydrogens (tertiary/aromatic N) is 2. The predicted molar refractivity (Wildman–Crippen MR) is 79.9 cm³/mol. The van der Waals surface area contributed by atoms with Gasteiger partial charge in [0.05, 0.1) is 4.92 Å². The van der Waals surface area contributed by atoms with Gasteiger partial charge in [-0.3, -0.25) is 15.0 Å². The molecule has 1 unspecified atom stereocenters. The second-order valence-corrected chi connectivity index (χ2v) is 5.90. The van der Waals surface area contributed by atoms with Crippen molar-refractivity contribution in [3.05, 3.63) is 39.4 Å². The molecule has 1 N–H and O–H groups in total. The van der Waals surface area contributed by atoms with Gasteiger partial charge in [-0.25, -0.2) is 0 Å². The Balaban J connectivity index is 2.16. The smallest absolute Gasteiger partial charge is 0.273 e. The molecule has 1 aromatic rings. The molecule has 0 amide bonds. The summed E-state index contributed by atoms with van der Waals surface area (Å²) in [6.45, 7) is 9.87. The molecule has 0 saturated carbocycles. The van der Waals surface area contributed by atoms with E-state index in [1.165, 1.54) is 0 Å². The molecule has 110 valence electrons. The van der Waals surface area contributed by atoms with Crippen LogP contribution in [0, 0.1) is 10.1 Å². The third-order valence-corrected chi connectivity index (χ3v) is 3.77. The Labute approximate surface area is 120 Å². The molecule has 5 nitrogen and oxygen atoms in total. The Morgan fingerprint density at radius 1 is 1.50 bits per heavy atom. The molecule has 0 aliphatic carbocycles. The molecule has 20 heavy (non-hydrogen) atoms. The maximum atomic E-state index is 11.2. The lowest BCUT2D eigenvalue weighted by Gasteiger charge is -2.31. The highest BCUT2D eigenvalue weighted by atomic mass is 16.6. The molecule has 1 saturated heterocycles. The predicted octanol–water partition coefficient (Wildman–Crippen LogP) is 2.51. The molecule has 1 heterocycles. The first-order valence-corrected chi connectivity index (χ1v) is 7.20. The fourth-order valence-electron chi connectivity index (χ4n) is 2.75. The van der Waals surface area contributed by atoms with Gasteiger partial charge in [-0.05, 0) is 18.4 Å². The zero-order valence-electron chi connectivity index (χ0n) is 12.4. The quantitative estimate of drug-likeness (QED) is 0.678. The fraction of sp³-hybridized carbons (Fsp3) is 0.600. The van der Waals surface area contributed by atoms with Crippen LogP contribution in [0.4, 0.5) is 5.69 Å². The minimum absolute atomic E-state index is 0.170. The fourth-order valence-corrected chi connectivity index (χ4v) is 2.75. The van der Waals surface area contributed by atoms with Crippen molar-refractivity contribution >= 4 is 5.69 Å². The molecule has 1 aliphatic heterocycles. The first kappa shape index (κ1) is 14.9. The lowest BCUT2D eigenvalue weighted by molar-refractivity contribution is -0.385. The van der Waals surface area contributed by atoms with E-state index in [4.69, 9.17) is 0 Å². The summed E-state index contributed by atoms with van der Waals surface area (Å²) < 4.78 is 0. The number of benzene rings is 1. The van der Waals surface area contributed by atoms with E-state index in [1.54, 1.807) is 6.07 Å². The monoisotopic (exact) mass is 277 g/mol. The summed E-state index contributed by atoms with van der Waals surface area (Å²) in [5, 5.41) is 14.6. The molecule has 0 aromatic heterocycles. The normalized spacial score (nSPS) is 20.3. The second kappa shape index (κ2) is 6.33. The summed E-state index contributed by atoms with van der Waals surface area (Å²) in [6.07, 6.45) is 0. The molecule has 0 bridgehead atoms. The SMILES string of the molecule is CC1CN(Cc2ccc(C(C)C)c([N+](=O)[O-])c2)CCN1. The number of hydrogen-bond donors (Lipinski definition) is 1. The lowest BCUT2D eigenvalue weighted by atomic mass is 9.99. The summed E-state index contributed by atoms with van der Waals surface area (Å²) in [7, 11) is 0. The van der Waals surface area contributed by atoms with Crippen LogP contribution < -0.4 is 5.32 Å². The molecule has 1 aliphatic rings. The Hall–Kier alpha value is -1.46. The van der Waals surface area contributed by atoms with Gasteiger partial charge in [0, 0.05) is 43.9 Å². The molecular weight excluding hydrogens is 254 g/mol. The van der Waals surface area contributed by atoms with Gasteiger partial charge in [-0.2, -0.15) is 0 Å². The topological polar surface area (TPSA) is 58.4 Å². The average Bonchev–Trinajstić information content (AvgIpc) is 2.38. The Kier molecular flexibility index (Phi) is 4.73. The van der Waals surface area contributed by atoms with Crippen LogP contribution in [0.5, 0.6) is 0 Å². The highest BCUT2D eigenvalue weighted by Crippen LogP contribution is 2.27. The first-order chi connectivity index (χ1) is 9.47. The van der Waals surface area contributed by atoms with Gasteiger partial charge in [0.25, 0.3) is 5.69 Å². The number of nitrogens with one attached hydrogen (secondary N) is 1. The van der Waals surface area contributed by atoms with Gasteiger partial charge >= 0.3 is 0 Å². The van der Waals surface area contributed by atoms with Crippen LogP contribution in [0.2, 0.25) is 0 Å². The molecule has 2 rings (SSSR count). The van der Waals surface area contributed by atoms with Crippen molar-refractivity contribution in [2.75, 3.05) is 19.6 Å². The molecule has 1 fully saturated rings. The van der Waals surface area contributed by atoms with Crippen LogP contribution in [0.15, 0.2) is 18.2 Å². The Morgan fingerprint density at radius 3 is 2.85 bits per heavy atom. The standard InChI is InChI=1S/C15H23N3O2/c1-11(2)14-5-4-13(8-15(14)18(19)20)10-17-7-6-16-12(3)9-17/h4-5,8,11-12,16H,6-7,9-10H2,1-3H3. The zero-order chi connectivity index (χ0) is 14.7. The van der Waals surface area contributed by atoms with Crippen LogP contribution in [-0.2, 0) is 6.54 Å². The van der Waals surface area contributed by atoms with Crippen molar-refractivity contribution in [2.24, 2.45) is 0 Å². The number of rotatable bonds is 4. The van der Waals surface area contributed by atoms with Crippen molar-refractivity contribution in [3.63, 3.8) is 0 Å². The molecule has 1 aromatic carbocycles. The van der Waals surface area contributed by atoms with Crippen molar-refractivity contribution in [1.29, 1.82) is 0 Å². The van der Waals surface area contributed by atoms with Gasteiger partial charge < -0.3 is 5.32 Å². The third-order valence-electron chi connectivity index (χ3n) is 3.77. The maximum Gasteiger partial charge on any atom is 0.273 e. The second-order valence-electron chi connectivity index (χ2n) is 5.90. The highest BCUT2D eigenvalue weighted by molar-refractivity contribution is 5.45. The van der Waals surface area contributed by atoms with Gasteiger partial charge in [0.15, 0.2) is 0 Å². The van der Waals surface area contributed by atoms with E-state index >= 15 is 0 Å². The molecule has 0 radical (unpaired) electrons. The minimum atomic E-state index is -0.265. The van der Waals surface area contributed by atoms with E-state index in [0.717, 1.165) is 37.3 Å². The van der Waals surface area contributed by atoms with Gasteiger partial charge in [-0.1, -0.05) is 26.0 Å². The van der Waals surface area contributed by atoms with Crippen LogP contribution in [-0.4, -0.2) is 35.5 Å². The van der Waals surface area contributed by atoms with E-state index in [0.29, 0.717) is 6.04 Å². The van der Waals surface area contributed by atoms with Crippen molar-refractivity contribution < 1.29 is 4.92 Å². The van der Waals surface area contributed by atoms with Gasteiger partial charge in [0.2, 0.25) is 0 Å². The first-order valence-electron chi connectivity index (χ1n) is 7.20. The summed E-state index contributed by atoms with van der Waals surface area (Å²) in [5.74, 6) is 0.170. The summed E-state index contributed by atoms with van der Waals surface area (Å²) >= 11 is 0. The minimum Gasteiger partial charge on any atom is -0.312 e. The number of hydrogen-bond acceptors (Lipinski definition) is 4. The van der Waals surface area contributed by atoms with Gasteiger partial charge in [0.1, 0.15) is 0 Å². The average molecular weight is 277 g/mol. The summed E-state index contributed by atoms with van der Waals surface area (Å²) in [5.41, 5.74) is 2.09. The van der Waals surface area contributed by atoms with E-state index in [1.807, 2.05) is 26.0 Å². The Bertz CT molecular complexity index is 488. The van der Waals surface area contributed by atoms with E-state index < -0.39 is 0 Å². The Morgan fingerprint density at radius 2 is 2.25 bits per heavy atom. The number of piperazine rings is 1. The third kappa shape index (κ3) is 3.55. The van der Waals surface area contributed by atoms with Crippen LogP contribution in [0.1, 0.15) is 37.8 Å². The number of nitro benzene ring substituents is 1. The zero-order valence-corrected chi connectivity index (χ0v) is 12.4. The van der Waals surface area contributed by atoms with Crippen LogP contribution >= 0.6 is 0 Å². The van der Waals surface area contributed by atoms with Crippen molar-refractivity contribution in [1.82, 2.24) is 10.2 Å². The molecule has 1 atom stereocenters. The summed E-state index contributed by atoms with van der Waals surface area (Å²) in [4.78, 5) is 13.3. The van der Waals surface area contributed by atoms with E-state index in [-0.39, 0.29) is 16.5 Å². The molecule has 5 heteroatoms. The molecule has 0 spiro atoms. The lowest BCUT2D eigenvalue weighted by Crippen LogP contribution is -2.48. The van der Waals surface area contributed by atoms with Crippen LogP contribution in [0.3, 0.4) is 0 Å². The maximum absolute atomic E-state index is 11.2. The van der Waals surface area contributed by atoms with E-state index in [9.17, 15) is 10.1 Å². The van der Waals surface area contributed by atoms with E-state index in [2.05, 4.69) is 17.1 Å². The van der Waals surface area contributed by atoms with Gasteiger partial charge in [-0.15, -0.1) is 0 Å². The largest absolute Gasteiger partial charge is 0.312 e. The van der Waals surface area contributed by atoms with Crippen LogP contribution in [0.25, 0.3) is 0 Å². The van der Waals surface area contributed by atoms with Crippen molar-refractivity contribution in [3.8, 4) is 0 Å². The highest BCUT2D eigenvalue weighted by Gasteiger charge is 2.19. The van der Waals surface area contributed by atoms with Crippen molar-refractivity contribution in [2.45, 2.75) is 39.3 Å². The molecular formula is C15H23N3O2. The summed E-state index contributed by atoms with van der Waals surface area (Å²) in [6, 6.07) is 6.15. The number of nitro groups is 1.